The Morgan fingerprint density at radius 3 is 2.95 bits per heavy atom. The van der Waals surface area contributed by atoms with Crippen molar-refractivity contribution >= 4 is 22.6 Å². The van der Waals surface area contributed by atoms with E-state index in [0.29, 0.717) is 5.39 Å². The molecule has 0 aliphatic rings. The van der Waals surface area contributed by atoms with Crippen molar-refractivity contribution in [2.24, 2.45) is 5.73 Å². The lowest BCUT2D eigenvalue weighted by Crippen LogP contribution is -2.34. The van der Waals surface area contributed by atoms with Gasteiger partial charge >= 0.3 is 5.97 Å². The third-order valence-corrected chi connectivity index (χ3v) is 2.99. The minimum absolute atomic E-state index is 0.00283. The minimum Gasteiger partial charge on any atom is -0.465 e. The number of aromatic amines is 1. The van der Waals surface area contributed by atoms with Crippen molar-refractivity contribution in [2.45, 2.75) is 19.4 Å². The monoisotopic (exact) mass is 277 g/mol. The number of nitrogens with zero attached hydrogens (tertiary/aromatic N) is 1. The number of nitrogens with two attached hydrogens (primary N) is 1. The molecule has 0 bridgehead atoms. The Bertz CT molecular complexity index is 650. The molecule has 0 aliphatic carbocycles. The lowest BCUT2D eigenvalue weighted by molar-refractivity contribution is -0.384. The van der Waals surface area contributed by atoms with Crippen LogP contribution in [-0.2, 0) is 16.0 Å². The van der Waals surface area contributed by atoms with Gasteiger partial charge in [-0.25, -0.2) is 0 Å². The summed E-state index contributed by atoms with van der Waals surface area (Å²) in [6.45, 7) is 1.98. The molecule has 106 valence electrons. The summed E-state index contributed by atoms with van der Waals surface area (Å²) in [6, 6.07) is 3.74. The average Bonchev–Trinajstić information content (AvgIpc) is 2.81. The highest BCUT2D eigenvalue weighted by molar-refractivity contribution is 5.86. The molecule has 0 fully saturated rings. The van der Waals surface area contributed by atoms with Crippen LogP contribution in [0.15, 0.2) is 24.4 Å². The number of nitro groups is 1. The molecule has 0 radical (unpaired) electrons. The van der Waals surface area contributed by atoms with Gasteiger partial charge in [-0.05, 0) is 18.6 Å². The summed E-state index contributed by atoms with van der Waals surface area (Å²) in [5, 5.41) is 11.5. The van der Waals surface area contributed by atoms with E-state index in [4.69, 9.17) is 10.5 Å². The van der Waals surface area contributed by atoms with Gasteiger partial charge in [-0.15, -0.1) is 0 Å². The Kier molecular flexibility index (Phi) is 3.99. The number of ether oxygens (including phenoxy) is 1. The maximum absolute atomic E-state index is 11.5. The number of H-pyrrole nitrogens is 1. The molecule has 1 atom stereocenters. The molecule has 0 spiro atoms. The fourth-order valence-corrected chi connectivity index (χ4v) is 2.02. The molecular weight excluding hydrogens is 262 g/mol. The Morgan fingerprint density at radius 2 is 2.30 bits per heavy atom. The summed E-state index contributed by atoms with van der Waals surface area (Å²) in [5.41, 5.74) is 7.28. The fourth-order valence-electron chi connectivity index (χ4n) is 2.02. The first-order chi connectivity index (χ1) is 9.52. The Hall–Kier alpha value is -2.41. The molecule has 0 unspecified atom stereocenters. The third kappa shape index (κ3) is 2.77. The smallest absolute Gasteiger partial charge is 0.323 e. The predicted octanol–water partition coefficient (Wildman–Crippen LogP) is 1.51. The number of nitro benzene ring substituents is 1. The number of non-ortho nitro benzene ring substituents is 1. The van der Waals surface area contributed by atoms with Crippen LogP contribution < -0.4 is 5.73 Å². The summed E-state index contributed by atoms with van der Waals surface area (Å²) in [5.74, 6) is -0.479. The van der Waals surface area contributed by atoms with Crippen LogP contribution in [0.1, 0.15) is 12.5 Å². The van der Waals surface area contributed by atoms with E-state index in [1.54, 1.807) is 19.2 Å². The van der Waals surface area contributed by atoms with Crippen molar-refractivity contribution in [2.75, 3.05) is 6.61 Å². The van der Waals surface area contributed by atoms with E-state index in [-0.39, 0.29) is 18.7 Å². The van der Waals surface area contributed by atoms with Crippen molar-refractivity contribution in [3.63, 3.8) is 0 Å². The van der Waals surface area contributed by atoms with Crippen molar-refractivity contribution in [3.8, 4) is 0 Å². The van der Waals surface area contributed by atoms with Gasteiger partial charge in [0.05, 0.1) is 11.5 Å². The normalized spacial score (nSPS) is 12.3. The SMILES string of the molecule is CCOC(=O)[C@@H](N)Cc1c[nH]c2ccc([N+](=O)[O-])cc12. The molecule has 2 aromatic rings. The van der Waals surface area contributed by atoms with Gasteiger partial charge in [0, 0.05) is 35.7 Å². The van der Waals surface area contributed by atoms with E-state index in [9.17, 15) is 14.9 Å². The molecule has 1 aromatic carbocycles. The highest BCUT2D eigenvalue weighted by Crippen LogP contribution is 2.24. The number of nitrogens with one attached hydrogen (secondary N) is 1. The van der Waals surface area contributed by atoms with Gasteiger partial charge in [0.2, 0.25) is 0 Å². The van der Waals surface area contributed by atoms with Crippen LogP contribution in [-0.4, -0.2) is 28.5 Å². The van der Waals surface area contributed by atoms with Gasteiger partial charge in [0.1, 0.15) is 6.04 Å². The van der Waals surface area contributed by atoms with E-state index >= 15 is 0 Å². The van der Waals surface area contributed by atoms with Crippen LogP contribution in [0.3, 0.4) is 0 Å². The van der Waals surface area contributed by atoms with Crippen molar-refractivity contribution in [3.05, 3.63) is 40.1 Å². The van der Waals surface area contributed by atoms with Crippen LogP contribution in [0.2, 0.25) is 0 Å². The summed E-state index contributed by atoms with van der Waals surface area (Å²) in [7, 11) is 0. The second-order valence-corrected chi connectivity index (χ2v) is 4.36. The standard InChI is InChI=1S/C13H15N3O4/c1-2-20-13(17)11(14)5-8-7-15-12-4-3-9(16(18)19)6-10(8)12/h3-4,6-7,11,15H,2,5,14H2,1H3/t11-/m0/s1. The van der Waals surface area contributed by atoms with E-state index < -0.39 is 16.9 Å². The Labute approximate surface area is 114 Å². The lowest BCUT2D eigenvalue weighted by atomic mass is 10.1. The maximum atomic E-state index is 11.5. The van der Waals surface area contributed by atoms with Crippen LogP contribution in [0.5, 0.6) is 0 Å². The largest absolute Gasteiger partial charge is 0.465 e. The van der Waals surface area contributed by atoms with E-state index in [2.05, 4.69) is 4.98 Å². The fraction of sp³-hybridized carbons (Fsp3) is 0.308. The van der Waals surface area contributed by atoms with E-state index in [1.807, 2.05) is 0 Å². The van der Waals surface area contributed by atoms with Crippen molar-refractivity contribution in [1.29, 1.82) is 0 Å². The number of aromatic nitrogens is 1. The van der Waals surface area contributed by atoms with Crippen molar-refractivity contribution in [1.82, 2.24) is 4.98 Å². The maximum Gasteiger partial charge on any atom is 0.323 e. The zero-order chi connectivity index (χ0) is 14.7. The van der Waals surface area contributed by atoms with E-state index in [1.165, 1.54) is 12.1 Å². The van der Waals surface area contributed by atoms with E-state index in [0.717, 1.165) is 11.1 Å². The number of hydrogen-bond acceptors (Lipinski definition) is 5. The van der Waals surface area contributed by atoms with Crippen LogP contribution in [0, 0.1) is 10.1 Å². The van der Waals surface area contributed by atoms with Gasteiger partial charge in [-0.3, -0.25) is 14.9 Å². The average molecular weight is 277 g/mol. The molecule has 1 aromatic heterocycles. The van der Waals surface area contributed by atoms with Crippen LogP contribution >= 0.6 is 0 Å². The second-order valence-electron chi connectivity index (χ2n) is 4.36. The summed E-state index contributed by atoms with van der Waals surface area (Å²) < 4.78 is 4.84. The number of rotatable bonds is 5. The molecular formula is C13H15N3O4. The zero-order valence-corrected chi connectivity index (χ0v) is 11.0. The first-order valence-corrected chi connectivity index (χ1v) is 6.19. The third-order valence-electron chi connectivity index (χ3n) is 2.99. The lowest BCUT2D eigenvalue weighted by Gasteiger charge is -2.09. The zero-order valence-electron chi connectivity index (χ0n) is 11.0. The van der Waals surface area contributed by atoms with Gasteiger partial charge < -0.3 is 15.5 Å². The van der Waals surface area contributed by atoms with Gasteiger partial charge in [0.15, 0.2) is 0 Å². The number of carbonyl (C=O) groups is 1. The molecule has 0 saturated heterocycles. The molecule has 3 N–H and O–H groups in total. The Morgan fingerprint density at radius 1 is 1.55 bits per heavy atom. The van der Waals surface area contributed by atoms with Gasteiger partial charge in [-0.2, -0.15) is 0 Å². The van der Waals surface area contributed by atoms with Gasteiger partial charge in [-0.1, -0.05) is 0 Å². The number of benzene rings is 1. The molecule has 0 aliphatic heterocycles. The first kappa shape index (κ1) is 14.0. The number of hydrogen-bond donors (Lipinski definition) is 2. The molecule has 1 heterocycles. The minimum atomic E-state index is -0.784. The number of esters is 1. The molecule has 2 rings (SSSR count). The van der Waals surface area contributed by atoms with Gasteiger partial charge in [0.25, 0.3) is 5.69 Å². The number of fused-ring (bicyclic) bond motifs is 1. The molecule has 0 amide bonds. The highest BCUT2D eigenvalue weighted by Gasteiger charge is 2.18. The summed E-state index contributed by atoms with van der Waals surface area (Å²) in [6.07, 6.45) is 1.97. The summed E-state index contributed by atoms with van der Waals surface area (Å²) in [4.78, 5) is 24.8. The second kappa shape index (κ2) is 5.70. The molecule has 0 saturated carbocycles. The summed E-state index contributed by atoms with van der Waals surface area (Å²) >= 11 is 0. The number of carbonyl (C=O) groups excluding carboxylic acids is 1. The Balaban J connectivity index is 2.28. The molecule has 7 heteroatoms. The quantitative estimate of drug-likeness (QED) is 0.489. The topological polar surface area (TPSA) is 111 Å². The predicted molar refractivity (Wildman–Crippen MR) is 73.3 cm³/mol. The first-order valence-electron chi connectivity index (χ1n) is 6.19. The molecule has 20 heavy (non-hydrogen) atoms. The van der Waals surface area contributed by atoms with Crippen molar-refractivity contribution < 1.29 is 14.5 Å². The van der Waals surface area contributed by atoms with Crippen LogP contribution in [0.25, 0.3) is 10.9 Å². The molecule has 7 nitrogen and oxygen atoms in total. The highest BCUT2D eigenvalue weighted by atomic mass is 16.6. The van der Waals surface area contributed by atoms with Crippen LogP contribution in [0.4, 0.5) is 5.69 Å².